The zero-order valence-corrected chi connectivity index (χ0v) is 16.6. The van der Waals surface area contributed by atoms with Crippen molar-refractivity contribution in [2.75, 3.05) is 26.2 Å². The molecule has 150 valence electrons. The van der Waals surface area contributed by atoms with E-state index in [1.54, 1.807) is 17.0 Å². The monoisotopic (exact) mass is 397 g/mol. The van der Waals surface area contributed by atoms with E-state index in [9.17, 15) is 14.0 Å². The summed E-state index contributed by atoms with van der Waals surface area (Å²) in [5.74, 6) is 0.116. The third-order valence-electron chi connectivity index (χ3n) is 5.67. The summed E-state index contributed by atoms with van der Waals surface area (Å²) in [6, 6.07) is 6.24. The molecule has 0 spiro atoms. The molecule has 27 heavy (non-hydrogen) atoms. The van der Waals surface area contributed by atoms with Crippen LogP contribution in [0.2, 0.25) is 0 Å². The minimum atomic E-state index is -0.305. The lowest BCUT2D eigenvalue weighted by Crippen LogP contribution is -2.48. The number of carbonyl (C=O) groups excluding carboxylic acids is 2. The van der Waals surface area contributed by atoms with Gasteiger partial charge < -0.3 is 15.5 Å². The lowest BCUT2D eigenvalue weighted by molar-refractivity contribution is -0.141. The van der Waals surface area contributed by atoms with Crippen LogP contribution in [0.15, 0.2) is 24.3 Å². The second-order valence-corrected chi connectivity index (χ2v) is 7.66. The van der Waals surface area contributed by atoms with Gasteiger partial charge in [0.05, 0.1) is 12.3 Å². The first-order valence-corrected chi connectivity index (χ1v) is 9.50. The average molecular weight is 398 g/mol. The first-order valence-electron chi connectivity index (χ1n) is 9.50. The van der Waals surface area contributed by atoms with E-state index in [1.807, 2.05) is 4.90 Å². The molecule has 3 rings (SSSR count). The van der Waals surface area contributed by atoms with Crippen molar-refractivity contribution >= 4 is 24.2 Å². The predicted molar refractivity (Wildman–Crippen MR) is 105 cm³/mol. The number of carbonyl (C=O) groups is 2. The molecule has 0 aliphatic carbocycles. The molecule has 1 aromatic rings. The molecular formula is C20H29ClFN3O2. The van der Waals surface area contributed by atoms with Gasteiger partial charge >= 0.3 is 0 Å². The van der Waals surface area contributed by atoms with Crippen LogP contribution in [-0.2, 0) is 16.0 Å². The van der Waals surface area contributed by atoms with Crippen molar-refractivity contribution in [2.24, 2.45) is 17.6 Å². The van der Waals surface area contributed by atoms with Crippen LogP contribution in [0.25, 0.3) is 0 Å². The van der Waals surface area contributed by atoms with E-state index in [2.05, 4.69) is 6.92 Å². The van der Waals surface area contributed by atoms with E-state index in [0.29, 0.717) is 25.6 Å². The normalized spacial score (nSPS) is 25.2. The van der Waals surface area contributed by atoms with Gasteiger partial charge in [-0.05, 0) is 56.3 Å². The van der Waals surface area contributed by atoms with Gasteiger partial charge in [0.1, 0.15) is 5.82 Å². The van der Waals surface area contributed by atoms with Crippen molar-refractivity contribution < 1.29 is 14.0 Å². The van der Waals surface area contributed by atoms with Crippen molar-refractivity contribution in [3.05, 3.63) is 35.6 Å². The third kappa shape index (κ3) is 5.20. The largest absolute Gasteiger partial charge is 0.342 e. The quantitative estimate of drug-likeness (QED) is 0.847. The van der Waals surface area contributed by atoms with Gasteiger partial charge in [-0.1, -0.05) is 12.1 Å². The van der Waals surface area contributed by atoms with E-state index in [4.69, 9.17) is 5.73 Å². The summed E-state index contributed by atoms with van der Waals surface area (Å²) in [5, 5.41) is 0. The number of rotatable bonds is 4. The Morgan fingerprint density at radius 2 is 1.93 bits per heavy atom. The highest BCUT2D eigenvalue weighted by atomic mass is 35.5. The molecule has 5 nitrogen and oxygen atoms in total. The van der Waals surface area contributed by atoms with Crippen LogP contribution < -0.4 is 5.73 Å². The zero-order valence-electron chi connectivity index (χ0n) is 15.8. The van der Waals surface area contributed by atoms with Crippen molar-refractivity contribution in [3.63, 3.8) is 0 Å². The molecule has 2 aliphatic heterocycles. The van der Waals surface area contributed by atoms with E-state index < -0.39 is 0 Å². The summed E-state index contributed by atoms with van der Waals surface area (Å²) >= 11 is 0. The van der Waals surface area contributed by atoms with Crippen LogP contribution >= 0.6 is 12.4 Å². The molecule has 3 unspecified atom stereocenters. The van der Waals surface area contributed by atoms with Gasteiger partial charge in [0.15, 0.2) is 0 Å². The molecule has 2 N–H and O–H groups in total. The number of benzene rings is 1. The molecule has 2 saturated heterocycles. The highest BCUT2D eigenvalue weighted by Gasteiger charge is 2.37. The molecule has 7 heteroatoms. The topological polar surface area (TPSA) is 66.6 Å². The number of hydrogen-bond acceptors (Lipinski definition) is 3. The number of amides is 2. The Labute approximate surface area is 166 Å². The van der Waals surface area contributed by atoms with Crippen molar-refractivity contribution in [2.45, 2.75) is 38.6 Å². The molecule has 1 aromatic carbocycles. The second kappa shape index (κ2) is 9.51. The predicted octanol–water partition coefficient (Wildman–Crippen LogP) is 2.22. The fourth-order valence-corrected chi connectivity index (χ4v) is 4.15. The smallest absolute Gasteiger partial charge is 0.227 e. The van der Waals surface area contributed by atoms with Crippen LogP contribution in [0.4, 0.5) is 4.39 Å². The maximum Gasteiger partial charge on any atom is 0.227 e. The van der Waals surface area contributed by atoms with E-state index in [-0.39, 0.29) is 48.4 Å². The van der Waals surface area contributed by atoms with Crippen molar-refractivity contribution in [3.8, 4) is 0 Å². The lowest BCUT2D eigenvalue weighted by atomic mass is 9.95. The molecule has 3 atom stereocenters. The Balaban J connectivity index is 0.00000261. The molecular weight excluding hydrogens is 369 g/mol. The fourth-order valence-electron chi connectivity index (χ4n) is 4.15. The summed E-state index contributed by atoms with van der Waals surface area (Å²) in [5.41, 5.74) is 6.56. The maximum atomic E-state index is 13.0. The van der Waals surface area contributed by atoms with Crippen LogP contribution in [-0.4, -0.2) is 53.8 Å². The van der Waals surface area contributed by atoms with Gasteiger partial charge in [0.2, 0.25) is 11.8 Å². The first kappa shape index (κ1) is 21.6. The zero-order chi connectivity index (χ0) is 18.7. The molecule has 2 heterocycles. The highest BCUT2D eigenvalue weighted by Crippen LogP contribution is 2.27. The number of nitrogens with zero attached hydrogens (tertiary/aromatic N) is 2. The number of halogens is 2. The molecule has 0 bridgehead atoms. The summed E-state index contributed by atoms with van der Waals surface area (Å²) < 4.78 is 13.0. The fraction of sp³-hybridized carbons (Fsp3) is 0.600. The van der Waals surface area contributed by atoms with E-state index >= 15 is 0 Å². The molecule has 2 aliphatic rings. The Morgan fingerprint density at radius 1 is 1.22 bits per heavy atom. The Hall–Kier alpha value is -1.66. The third-order valence-corrected chi connectivity index (χ3v) is 5.67. The van der Waals surface area contributed by atoms with Gasteiger partial charge in [-0.3, -0.25) is 9.59 Å². The molecule has 2 fully saturated rings. The summed E-state index contributed by atoms with van der Waals surface area (Å²) in [4.78, 5) is 29.3. The average Bonchev–Trinajstić information content (AvgIpc) is 3.04. The number of likely N-dealkylation sites (tertiary alicyclic amines) is 2. The Morgan fingerprint density at radius 3 is 2.56 bits per heavy atom. The van der Waals surface area contributed by atoms with E-state index in [0.717, 1.165) is 31.4 Å². The van der Waals surface area contributed by atoms with Crippen molar-refractivity contribution in [1.29, 1.82) is 0 Å². The van der Waals surface area contributed by atoms with Crippen LogP contribution in [0.5, 0.6) is 0 Å². The van der Waals surface area contributed by atoms with Gasteiger partial charge in [-0.2, -0.15) is 0 Å². The van der Waals surface area contributed by atoms with Gasteiger partial charge in [-0.25, -0.2) is 4.39 Å². The Bertz CT molecular complexity index is 655. The minimum absolute atomic E-state index is 0. The SMILES string of the molecule is CC1CC(CN)CN1C(=O)C1CCCN(C(=O)Cc2ccc(F)cc2)C1.Cl. The minimum Gasteiger partial charge on any atom is -0.342 e. The molecule has 0 saturated carbocycles. The number of nitrogens with two attached hydrogens (primary N) is 1. The second-order valence-electron chi connectivity index (χ2n) is 7.66. The summed E-state index contributed by atoms with van der Waals surface area (Å²) in [6.07, 6.45) is 2.88. The van der Waals surface area contributed by atoms with E-state index in [1.165, 1.54) is 12.1 Å². The van der Waals surface area contributed by atoms with Gasteiger partial charge in [0.25, 0.3) is 0 Å². The van der Waals surface area contributed by atoms with Crippen LogP contribution in [0, 0.1) is 17.7 Å². The number of piperidine rings is 1. The molecule has 0 aromatic heterocycles. The van der Waals surface area contributed by atoms with Crippen molar-refractivity contribution in [1.82, 2.24) is 9.80 Å². The standard InChI is InChI=1S/C20H28FN3O2.ClH/c1-14-9-16(11-22)12-24(14)20(26)17-3-2-8-23(13-17)19(25)10-15-4-6-18(21)7-5-15;/h4-7,14,16-17H,2-3,8-13,22H2,1H3;1H. The maximum absolute atomic E-state index is 13.0. The first-order chi connectivity index (χ1) is 12.5. The Kier molecular flexibility index (Phi) is 7.62. The molecule has 0 radical (unpaired) electrons. The summed E-state index contributed by atoms with van der Waals surface area (Å²) in [7, 11) is 0. The van der Waals surface area contributed by atoms with Gasteiger partial charge in [-0.15, -0.1) is 12.4 Å². The molecule has 2 amide bonds. The summed E-state index contributed by atoms with van der Waals surface area (Å²) in [6.45, 7) is 4.59. The lowest BCUT2D eigenvalue weighted by Gasteiger charge is -2.35. The van der Waals surface area contributed by atoms with Crippen LogP contribution in [0.3, 0.4) is 0 Å². The highest BCUT2D eigenvalue weighted by molar-refractivity contribution is 5.85. The van der Waals surface area contributed by atoms with Crippen LogP contribution in [0.1, 0.15) is 31.7 Å². The van der Waals surface area contributed by atoms with Gasteiger partial charge in [0, 0.05) is 25.7 Å². The number of hydrogen-bond donors (Lipinski definition) is 1.